The average molecular weight is 394 g/mol. The monoisotopic (exact) mass is 394 g/mol. The number of amides is 1. The van der Waals surface area contributed by atoms with E-state index < -0.39 is 6.36 Å². The van der Waals surface area contributed by atoms with Crippen LogP contribution >= 0.6 is 0 Å². The maximum absolute atomic E-state index is 12.2. The summed E-state index contributed by atoms with van der Waals surface area (Å²) in [6.07, 6.45) is -2.54. The number of nitrogens with one attached hydrogen (secondary N) is 2. The highest BCUT2D eigenvalue weighted by Crippen LogP contribution is 2.41. The first-order valence-electron chi connectivity index (χ1n) is 8.87. The second-order valence-corrected chi connectivity index (χ2v) is 6.59. The fourth-order valence-electron chi connectivity index (χ4n) is 2.95. The van der Waals surface area contributed by atoms with E-state index in [1.807, 2.05) is 24.3 Å². The molecule has 2 aromatic carbocycles. The lowest BCUT2D eigenvalue weighted by Gasteiger charge is -2.19. The van der Waals surface area contributed by atoms with E-state index >= 15 is 0 Å². The van der Waals surface area contributed by atoms with Crippen LogP contribution in [0.25, 0.3) is 0 Å². The highest BCUT2D eigenvalue weighted by atomic mass is 19.4. The minimum Gasteiger partial charge on any atom is -0.497 e. The molecule has 150 valence electrons. The van der Waals surface area contributed by atoms with E-state index in [2.05, 4.69) is 15.4 Å². The zero-order valence-electron chi connectivity index (χ0n) is 15.3. The Kier molecular flexibility index (Phi) is 6.08. The molecule has 5 nitrogen and oxygen atoms in total. The molecule has 1 aliphatic rings. The van der Waals surface area contributed by atoms with Crippen LogP contribution in [0.4, 0.5) is 18.9 Å². The summed E-state index contributed by atoms with van der Waals surface area (Å²) in [6, 6.07) is 12.8. The largest absolute Gasteiger partial charge is 0.573 e. The van der Waals surface area contributed by atoms with Gasteiger partial charge in [0.2, 0.25) is 5.91 Å². The molecule has 2 N–H and O–H groups in total. The number of anilines is 1. The summed E-state index contributed by atoms with van der Waals surface area (Å²) in [5, 5.41) is 5.93. The molecule has 1 amide bonds. The second-order valence-electron chi connectivity index (χ2n) is 6.59. The van der Waals surface area contributed by atoms with Crippen LogP contribution in [0.3, 0.4) is 0 Å². The van der Waals surface area contributed by atoms with Gasteiger partial charge in [0.05, 0.1) is 13.7 Å². The molecule has 1 unspecified atom stereocenters. The Hall–Kier alpha value is -2.74. The molecule has 0 aliphatic heterocycles. The second kappa shape index (κ2) is 8.52. The molecule has 0 saturated heterocycles. The molecule has 0 bridgehead atoms. The van der Waals surface area contributed by atoms with Gasteiger partial charge in [-0.1, -0.05) is 12.1 Å². The Morgan fingerprint density at radius 3 is 2.21 bits per heavy atom. The number of alkyl halides is 3. The number of ether oxygens (including phenoxy) is 2. The fourth-order valence-corrected chi connectivity index (χ4v) is 2.95. The summed E-state index contributed by atoms with van der Waals surface area (Å²) in [7, 11) is 1.61. The van der Waals surface area contributed by atoms with Gasteiger partial charge in [0.1, 0.15) is 11.5 Å². The number of carbonyl (C=O) groups excluding carboxylic acids is 1. The lowest BCUT2D eigenvalue weighted by molar-refractivity contribution is -0.274. The first kappa shape index (κ1) is 20.0. The van der Waals surface area contributed by atoms with E-state index in [0.717, 1.165) is 36.3 Å². The van der Waals surface area contributed by atoms with Crippen LogP contribution < -0.4 is 20.1 Å². The quantitative estimate of drug-likeness (QED) is 0.702. The molecule has 2 aromatic rings. The first-order chi connectivity index (χ1) is 13.3. The summed E-state index contributed by atoms with van der Waals surface area (Å²) in [5.74, 6) is 0.648. The topological polar surface area (TPSA) is 59.6 Å². The molecule has 0 aromatic heterocycles. The van der Waals surface area contributed by atoms with E-state index in [-0.39, 0.29) is 24.2 Å². The van der Waals surface area contributed by atoms with E-state index in [1.54, 1.807) is 7.11 Å². The van der Waals surface area contributed by atoms with Gasteiger partial charge in [-0.2, -0.15) is 0 Å². The minimum absolute atomic E-state index is 0.0687. The third kappa shape index (κ3) is 5.88. The number of methoxy groups -OCH3 is 1. The van der Waals surface area contributed by atoms with Gasteiger partial charge in [-0.15, -0.1) is 13.2 Å². The van der Waals surface area contributed by atoms with Crippen LogP contribution in [0.1, 0.15) is 24.4 Å². The van der Waals surface area contributed by atoms with E-state index in [0.29, 0.717) is 11.6 Å². The molecule has 1 aliphatic carbocycles. The molecular weight excluding hydrogens is 373 g/mol. The van der Waals surface area contributed by atoms with Gasteiger partial charge in [0.15, 0.2) is 0 Å². The molecule has 28 heavy (non-hydrogen) atoms. The van der Waals surface area contributed by atoms with Crippen LogP contribution in [0.5, 0.6) is 11.5 Å². The third-order valence-corrected chi connectivity index (χ3v) is 4.42. The van der Waals surface area contributed by atoms with Gasteiger partial charge in [0, 0.05) is 11.7 Å². The van der Waals surface area contributed by atoms with Crippen molar-refractivity contribution in [3.63, 3.8) is 0 Å². The molecule has 0 spiro atoms. The van der Waals surface area contributed by atoms with Gasteiger partial charge >= 0.3 is 6.36 Å². The maximum atomic E-state index is 12.2. The Morgan fingerprint density at radius 2 is 1.68 bits per heavy atom. The van der Waals surface area contributed by atoms with Crippen molar-refractivity contribution in [3.05, 3.63) is 54.1 Å². The molecule has 0 heterocycles. The lowest BCUT2D eigenvalue weighted by atomic mass is 10.0. The summed E-state index contributed by atoms with van der Waals surface area (Å²) in [6.45, 7) is 0.0913. The Labute approximate surface area is 160 Å². The van der Waals surface area contributed by atoms with Gasteiger partial charge in [-0.3, -0.25) is 4.79 Å². The van der Waals surface area contributed by atoms with Crippen molar-refractivity contribution in [2.45, 2.75) is 25.2 Å². The number of rotatable bonds is 8. The van der Waals surface area contributed by atoms with Crippen molar-refractivity contribution < 1.29 is 27.4 Å². The van der Waals surface area contributed by atoms with Crippen molar-refractivity contribution in [2.75, 3.05) is 19.0 Å². The summed E-state index contributed by atoms with van der Waals surface area (Å²) in [4.78, 5) is 12.2. The SMILES string of the molecule is COc1ccc(C(NCC(=O)Nc2ccc(OC(F)(F)F)cc2)C2CC2)cc1. The predicted octanol–water partition coefficient (Wildman–Crippen LogP) is 4.27. The molecule has 1 atom stereocenters. The minimum atomic E-state index is -4.74. The normalized spacial score (nSPS) is 15.0. The number of halogens is 3. The van der Waals surface area contributed by atoms with Crippen LogP contribution in [0.15, 0.2) is 48.5 Å². The average Bonchev–Trinajstić information content (AvgIpc) is 3.48. The standard InChI is InChI=1S/C20H21F3N2O3/c1-27-16-8-4-14(5-9-16)19(13-2-3-13)24-12-18(26)25-15-6-10-17(11-7-15)28-20(21,22)23/h4-11,13,19,24H,2-3,12H2,1H3,(H,25,26). The smallest absolute Gasteiger partial charge is 0.497 e. The Bertz CT molecular complexity index is 788. The van der Waals surface area contributed by atoms with Crippen molar-refractivity contribution in [1.29, 1.82) is 0 Å². The highest BCUT2D eigenvalue weighted by Gasteiger charge is 2.32. The predicted molar refractivity (Wildman–Crippen MR) is 98.2 cm³/mol. The van der Waals surface area contributed by atoms with E-state index in [1.165, 1.54) is 12.1 Å². The summed E-state index contributed by atoms with van der Waals surface area (Å²) < 4.78 is 45.5. The first-order valence-corrected chi connectivity index (χ1v) is 8.87. The molecular formula is C20H21F3N2O3. The van der Waals surface area contributed by atoms with Crippen molar-refractivity contribution in [3.8, 4) is 11.5 Å². The Morgan fingerprint density at radius 1 is 1.07 bits per heavy atom. The fraction of sp³-hybridized carbons (Fsp3) is 0.350. The van der Waals surface area contributed by atoms with Gasteiger partial charge < -0.3 is 20.1 Å². The number of carbonyl (C=O) groups is 1. The van der Waals surface area contributed by atoms with Crippen LogP contribution in [0, 0.1) is 5.92 Å². The maximum Gasteiger partial charge on any atom is 0.573 e. The third-order valence-electron chi connectivity index (χ3n) is 4.42. The van der Waals surface area contributed by atoms with E-state index in [9.17, 15) is 18.0 Å². The number of hydrogen-bond acceptors (Lipinski definition) is 4. The molecule has 3 rings (SSSR count). The lowest BCUT2D eigenvalue weighted by Crippen LogP contribution is -2.32. The van der Waals surface area contributed by atoms with Crippen LogP contribution in [0.2, 0.25) is 0 Å². The van der Waals surface area contributed by atoms with Crippen molar-refractivity contribution in [1.82, 2.24) is 5.32 Å². The van der Waals surface area contributed by atoms with Gasteiger partial charge in [-0.25, -0.2) is 0 Å². The summed E-state index contributed by atoms with van der Waals surface area (Å²) >= 11 is 0. The number of benzene rings is 2. The Balaban J connectivity index is 1.53. The van der Waals surface area contributed by atoms with Crippen LogP contribution in [-0.4, -0.2) is 25.9 Å². The number of hydrogen-bond donors (Lipinski definition) is 2. The molecule has 8 heteroatoms. The molecule has 0 radical (unpaired) electrons. The zero-order valence-corrected chi connectivity index (χ0v) is 15.3. The van der Waals surface area contributed by atoms with E-state index in [4.69, 9.17) is 4.74 Å². The highest BCUT2D eigenvalue weighted by molar-refractivity contribution is 5.92. The molecule has 1 fully saturated rings. The zero-order chi connectivity index (χ0) is 20.1. The van der Waals surface area contributed by atoms with Gasteiger partial charge in [0.25, 0.3) is 0 Å². The van der Waals surface area contributed by atoms with Crippen molar-refractivity contribution >= 4 is 11.6 Å². The van der Waals surface area contributed by atoms with Crippen molar-refractivity contribution in [2.24, 2.45) is 5.92 Å². The summed E-state index contributed by atoms with van der Waals surface area (Å²) in [5.41, 5.74) is 1.48. The van der Waals surface area contributed by atoms with Crippen LogP contribution in [-0.2, 0) is 4.79 Å². The molecule has 1 saturated carbocycles. The van der Waals surface area contributed by atoms with Gasteiger partial charge in [-0.05, 0) is 60.7 Å².